The zero-order valence-corrected chi connectivity index (χ0v) is 11.4. The van der Waals surface area contributed by atoms with Gasteiger partial charge in [-0.2, -0.15) is 0 Å². The van der Waals surface area contributed by atoms with Crippen molar-refractivity contribution >= 4 is 10.0 Å². The molecule has 0 saturated carbocycles. The van der Waals surface area contributed by atoms with Crippen LogP contribution in [-0.4, -0.2) is 13.4 Å². The zero-order valence-electron chi connectivity index (χ0n) is 10.5. The first-order valence-electron chi connectivity index (χ1n) is 5.78. The van der Waals surface area contributed by atoms with Crippen LogP contribution in [0.25, 0.3) is 0 Å². The monoisotopic (exact) mass is 298 g/mol. The molecule has 0 spiro atoms. The molecule has 7 heteroatoms. The molecule has 0 saturated heterocycles. The second kappa shape index (κ2) is 5.64. The van der Waals surface area contributed by atoms with Crippen molar-refractivity contribution in [3.05, 3.63) is 59.8 Å². The second-order valence-corrected chi connectivity index (χ2v) is 5.82. The van der Waals surface area contributed by atoms with E-state index in [1.54, 1.807) is 6.07 Å². The van der Waals surface area contributed by atoms with E-state index < -0.39 is 32.7 Å². The van der Waals surface area contributed by atoms with E-state index in [4.69, 9.17) is 0 Å². The molecule has 4 nitrogen and oxygen atoms in total. The van der Waals surface area contributed by atoms with Crippen LogP contribution in [0.2, 0.25) is 0 Å². The summed E-state index contributed by atoms with van der Waals surface area (Å²) in [6.45, 7) is 1.53. The van der Waals surface area contributed by atoms with Gasteiger partial charge in [-0.25, -0.2) is 26.9 Å². The van der Waals surface area contributed by atoms with Crippen LogP contribution in [0.3, 0.4) is 0 Å². The Kier molecular flexibility index (Phi) is 4.10. The topological polar surface area (TPSA) is 59.1 Å². The van der Waals surface area contributed by atoms with Crippen LogP contribution in [-0.2, 0) is 10.0 Å². The normalized spacial score (nSPS) is 13.2. The number of nitrogens with zero attached hydrogens (tertiary/aromatic N) is 1. The van der Waals surface area contributed by atoms with Crippen molar-refractivity contribution in [1.29, 1.82) is 0 Å². The van der Waals surface area contributed by atoms with Gasteiger partial charge in [-0.15, -0.1) is 0 Å². The van der Waals surface area contributed by atoms with E-state index in [-0.39, 0.29) is 0 Å². The first kappa shape index (κ1) is 14.5. The lowest BCUT2D eigenvalue weighted by Gasteiger charge is -2.14. The average molecular weight is 298 g/mol. The first-order valence-corrected chi connectivity index (χ1v) is 7.27. The molecule has 2 rings (SSSR count). The molecule has 0 bridgehead atoms. The minimum atomic E-state index is -4.11. The highest BCUT2D eigenvalue weighted by Crippen LogP contribution is 2.18. The summed E-state index contributed by atoms with van der Waals surface area (Å²) in [5.74, 6) is -1.41. The Morgan fingerprint density at radius 2 is 1.95 bits per heavy atom. The van der Waals surface area contributed by atoms with Crippen LogP contribution in [0.5, 0.6) is 0 Å². The summed E-state index contributed by atoms with van der Waals surface area (Å²) in [7, 11) is -4.11. The molecule has 0 fully saturated rings. The fourth-order valence-electron chi connectivity index (χ4n) is 1.70. The Morgan fingerprint density at radius 3 is 2.60 bits per heavy atom. The summed E-state index contributed by atoms with van der Waals surface area (Å²) < 4.78 is 52.8. The van der Waals surface area contributed by atoms with Gasteiger partial charge in [0.05, 0.1) is 0 Å². The lowest BCUT2D eigenvalue weighted by Crippen LogP contribution is -2.28. The Labute approximate surface area is 115 Å². The average Bonchev–Trinajstić information content (AvgIpc) is 2.38. The fraction of sp³-hybridized carbons (Fsp3) is 0.154. The fourth-order valence-corrected chi connectivity index (χ4v) is 2.94. The number of hydrogen-bond donors (Lipinski definition) is 1. The summed E-state index contributed by atoms with van der Waals surface area (Å²) in [6.07, 6.45) is 1.19. The minimum absolute atomic E-state index is 0.435. The Balaban J connectivity index is 2.27. The van der Waals surface area contributed by atoms with Gasteiger partial charge in [-0.1, -0.05) is 12.1 Å². The molecule has 1 N–H and O–H groups in total. The summed E-state index contributed by atoms with van der Waals surface area (Å²) in [6, 6.07) is 7.10. The van der Waals surface area contributed by atoms with Gasteiger partial charge in [-0.3, -0.25) is 0 Å². The van der Waals surface area contributed by atoms with Gasteiger partial charge < -0.3 is 0 Å². The summed E-state index contributed by atoms with van der Waals surface area (Å²) in [5.41, 5.74) is 0.435. The molecule has 0 aliphatic heterocycles. The van der Waals surface area contributed by atoms with E-state index in [0.717, 1.165) is 6.07 Å². The van der Waals surface area contributed by atoms with Gasteiger partial charge in [0.2, 0.25) is 5.03 Å². The standard InChI is InChI=1S/C13H12F2N2O2S/c1-9(10-4-2-5-11(14)8-10)17-20(18,19)13-12(15)6-3-7-16-13/h2-9,17H,1H3. The largest absolute Gasteiger partial charge is 0.261 e. The first-order chi connectivity index (χ1) is 9.40. The molecule has 0 aliphatic rings. The Hall–Kier alpha value is -1.86. The van der Waals surface area contributed by atoms with E-state index in [0.29, 0.717) is 5.56 Å². The molecule has 1 aromatic carbocycles. The van der Waals surface area contributed by atoms with Crippen molar-refractivity contribution < 1.29 is 17.2 Å². The predicted molar refractivity (Wildman–Crippen MR) is 69.3 cm³/mol. The molecule has 20 heavy (non-hydrogen) atoms. The molecule has 2 aromatic rings. The number of rotatable bonds is 4. The molecule has 1 unspecified atom stereocenters. The molecule has 1 heterocycles. The maximum Gasteiger partial charge on any atom is 0.261 e. The van der Waals surface area contributed by atoms with Gasteiger partial charge in [0, 0.05) is 12.2 Å². The van der Waals surface area contributed by atoms with Crippen LogP contribution in [0.15, 0.2) is 47.6 Å². The van der Waals surface area contributed by atoms with E-state index in [9.17, 15) is 17.2 Å². The van der Waals surface area contributed by atoms with E-state index in [1.807, 2.05) is 0 Å². The third-order valence-corrected chi connectivity index (χ3v) is 4.13. The van der Waals surface area contributed by atoms with Crippen LogP contribution in [0.1, 0.15) is 18.5 Å². The molecular weight excluding hydrogens is 286 g/mol. The molecule has 0 amide bonds. The molecular formula is C13H12F2N2O2S. The van der Waals surface area contributed by atoms with Gasteiger partial charge in [-0.05, 0) is 36.8 Å². The summed E-state index contributed by atoms with van der Waals surface area (Å²) >= 11 is 0. The quantitative estimate of drug-likeness (QED) is 0.943. The van der Waals surface area contributed by atoms with Crippen LogP contribution in [0, 0.1) is 11.6 Å². The highest BCUT2D eigenvalue weighted by Gasteiger charge is 2.23. The molecule has 1 aromatic heterocycles. The zero-order chi connectivity index (χ0) is 14.8. The molecule has 1 atom stereocenters. The van der Waals surface area contributed by atoms with Crippen molar-refractivity contribution in [2.24, 2.45) is 0 Å². The van der Waals surface area contributed by atoms with Crippen molar-refractivity contribution in [3.63, 3.8) is 0 Å². The van der Waals surface area contributed by atoms with Crippen LogP contribution in [0.4, 0.5) is 8.78 Å². The summed E-state index contributed by atoms with van der Waals surface area (Å²) in [4.78, 5) is 3.51. The minimum Gasteiger partial charge on any atom is -0.241 e. The number of sulfonamides is 1. The van der Waals surface area contributed by atoms with Gasteiger partial charge >= 0.3 is 0 Å². The van der Waals surface area contributed by atoms with Crippen molar-refractivity contribution in [2.45, 2.75) is 18.0 Å². The maximum atomic E-state index is 13.5. The van der Waals surface area contributed by atoms with Gasteiger partial charge in [0.25, 0.3) is 10.0 Å². The van der Waals surface area contributed by atoms with Crippen molar-refractivity contribution in [3.8, 4) is 0 Å². The van der Waals surface area contributed by atoms with Crippen LogP contribution < -0.4 is 4.72 Å². The van der Waals surface area contributed by atoms with Crippen molar-refractivity contribution in [2.75, 3.05) is 0 Å². The number of benzene rings is 1. The SMILES string of the molecule is CC(NS(=O)(=O)c1ncccc1F)c1cccc(F)c1. The highest BCUT2D eigenvalue weighted by atomic mass is 32.2. The Bertz CT molecular complexity index is 720. The lowest BCUT2D eigenvalue weighted by molar-refractivity contribution is 0.535. The molecule has 106 valence electrons. The van der Waals surface area contributed by atoms with Crippen molar-refractivity contribution in [1.82, 2.24) is 9.71 Å². The maximum absolute atomic E-state index is 13.5. The van der Waals surface area contributed by atoms with E-state index in [1.165, 1.54) is 37.4 Å². The van der Waals surface area contributed by atoms with Crippen LogP contribution >= 0.6 is 0 Å². The number of nitrogens with one attached hydrogen (secondary N) is 1. The Morgan fingerprint density at radius 1 is 1.20 bits per heavy atom. The second-order valence-electron chi connectivity index (χ2n) is 4.19. The third kappa shape index (κ3) is 3.17. The summed E-state index contributed by atoms with van der Waals surface area (Å²) in [5, 5.41) is -0.678. The molecule has 0 radical (unpaired) electrons. The van der Waals surface area contributed by atoms with Gasteiger partial charge in [0.1, 0.15) is 5.82 Å². The number of pyridine rings is 1. The number of halogens is 2. The number of aromatic nitrogens is 1. The van der Waals surface area contributed by atoms with E-state index in [2.05, 4.69) is 9.71 Å². The van der Waals surface area contributed by atoms with E-state index >= 15 is 0 Å². The number of hydrogen-bond acceptors (Lipinski definition) is 3. The smallest absolute Gasteiger partial charge is 0.241 e. The third-order valence-electron chi connectivity index (χ3n) is 2.66. The lowest BCUT2D eigenvalue weighted by atomic mass is 10.1. The molecule has 0 aliphatic carbocycles. The highest BCUT2D eigenvalue weighted by molar-refractivity contribution is 7.89. The van der Waals surface area contributed by atoms with Gasteiger partial charge in [0.15, 0.2) is 5.82 Å². The predicted octanol–water partition coefficient (Wildman–Crippen LogP) is 2.40.